The minimum Gasteiger partial charge on any atom is -0.493 e. The van der Waals surface area contributed by atoms with E-state index in [2.05, 4.69) is 33.4 Å². The number of pyridine rings is 1. The molecule has 0 spiro atoms. The van der Waals surface area contributed by atoms with Crippen molar-refractivity contribution in [3.05, 3.63) is 59.8 Å². The Hall–Kier alpha value is -3.32. The van der Waals surface area contributed by atoms with Crippen LogP contribution < -0.4 is 14.8 Å². The van der Waals surface area contributed by atoms with Crippen LogP contribution in [-0.4, -0.2) is 54.8 Å². The first kappa shape index (κ1) is 24.8. The zero-order valence-corrected chi connectivity index (χ0v) is 20.9. The van der Waals surface area contributed by atoms with Gasteiger partial charge in [0.1, 0.15) is 17.1 Å². The number of esters is 1. The lowest BCUT2D eigenvalue weighted by Gasteiger charge is -2.33. The zero-order valence-electron chi connectivity index (χ0n) is 20.9. The largest absolute Gasteiger partial charge is 0.493 e. The highest BCUT2D eigenvalue weighted by Gasteiger charge is 2.24. The van der Waals surface area contributed by atoms with Gasteiger partial charge in [-0.1, -0.05) is 18.2 Å². The Morgan fingerprint density at radius 3 is 2.34 bits per heavy atom. The minimum atomic E-state index is -0.415. The molecule has 0 unspecified atom stereocenters. The van der Waals surface area contributed by atoms with E-state index in [1.807, 2.05) is 44.3 Å². The Bertz CT molecular complexity index is 1110. The third-order valence-corrected chi connectivity index (χ3v) is 6.21. The predicted molar refractivity (Wildman–Crippen MR) is 138 cm³/mol. The van der Waals surface area contributed by atoms with Gasteiger partial charge in [-0.2, -0.15) is 0 Å². The molecule has 0 saturated carbocycles. The highest BCUT2D eigenvalue weighted by molar-refractivity contribution is 5.96. The number of nitrogens with zero attached hydrogens (tertiary/aromatic N) is 2. The van der Waals surface area contributed by atoms with Gasteiger partial charge >= 0.3 is 5.97 Å². The van der Waals surface area contributed by atoms with Crippen LogP contribution in [0.1, 0.15) is 49.5 Å². The van der Waals surface area contributed by atoms with Gasteiger partial charge in [0.05, 0.1) is 25.3 Å². The fourth-order valence-corrected chi connectivity index (χ4v) is 4.61. The van der Waals surface area contributed by atoms with Crippen LogP contribution in [0, 0.1) is 0 Å². The van der Waals surface area contributed by atoms with Crippen LogP contribution in [0.2, 0.25) is 0 Å². The highest BCUT2D eigenvalue weighted by Crippen LogP contribution is 2.33. The van der Waals surface area contributed by atoms with Gasteiger partial charge in [-0.3, -0.25) is 9.88 Å². The van der Waals surface area contributed by atoms with E-state index in [4.69, 9.17) is 14.2 Å². The number of ether oxygens (including phenoxy) is 3. The Balaban J connectivity index is 1.44. The lowest BCUT2D eigenvalue weighted by molar-refractivity contribution is 0.0517. The van der Waals surface area contributed by atoms with E-state index >= 15 is 0 Å². The number of rotatable bonds is 10. The number of para-hydroxylation sites is 1. The molecule has 0 amide bonds. The number of carbonyl (C=O) groups is 1. The molecule has 35 heavy (non-hydrogen) atoms. The van der Waals surface area contributed by atoms with Crippen LogP contribution in [-0.2, 0) is 11.3 Å². The first-order valence-corrected chi connectivity index (χ1v) is 12.5. The number of piperidine rings is 1. The molecule has 186 valence electrons. The molecule has 0 atom stereocenters. The predicted octanol–water partition coefficient (Wildman–Crippen LogP) is 5.29. The van der Waals surface area contributed by atoms with Gasteiger partial charge in [0, 0.05) is 42.9 Å². The van der Waals surface area contributed by atoms with E-state index in [1.165, 1.54) is 0 Å². The van der Waals surface area contributed by atoms with Crippen LogP contribution >= 0.6 is 0 Å². The summed E-state index contributed by atoms with van der Waals surface area (Å²) in [7, 11) is 0. The van der Waals surface area contributed by atoms with Gasteiger partial charge < -0.3 is 19.5 Å². The van der Waals surface area contributed by atoms with Crippen molar-refractivity contribution >= 4 is 22.6 Å². The summed E-state index contributed by atoms with van der Waals surface area (Å²) in [6.07, 6.45) is 3.97. The van der Waals surface area contributed by atoms with Crippen LogP contribution in [0.25, 0.3) is 10.9 Å². The monoisotopic (exact) mass is 477 g/mol. The van der Waals surface area contributed by atoms with Crippen LogP contribution in [0.5, 0.6) is 11.5 Å². The second-order valence-corrected chi connectivity index (χ2v) is 8.62. The second kappa shape index (κ2) is 11.9. The fourth-order valence-electron chi connectivity index (χ4n) is 4.61. The number of hydrogen-bond donors (Lipinski definition) is 1. The lowest BCUT2D eigenvalue weighted by Crippen LogP contribution is -2.38. The van der Waals surface area contributed by atoms with Crippen LogP contribution in [0.3, 0.4) is 0 Å². The molecule has 7 heteroatoms. The van der Waals surface area contributed by atoms with Crippen molar-refractivity contribution in [2.45, 2.75) is 46.2 Å². The summed E-state index contributed by atoms with van der Waals surface area (Å²) < 4.78 is 16.9. The number of likely N-dealkylation sites (tertiary alicyclic amines) is 1. The summed E-state index contributed by atoms with van der Waals surface area (Å²) in [5.41, 5.74) is 3.59. The van der Waals surface area contributed by atoms with E-state index in [0.717, 1.165) is 54.6 Å². The van der Waals surface area contributed by atoms with Crippen molar-refractivity contribution in [3.8, 4) is 11.5 Å². The molecule has 1 aliphatic rings. The van der Waals surface area contributed by atoms with E-state index in [0.29, 0.717) is 42.9 Å². The van der Waals surface area contributed by atoms with E-state index < -0.39 is 5.97 Å². The van der Waals surface area contributed by atoms with Crippen molar-refractivity contribution in [2.24, 2.45) is 0 Å². The SMILES string of the molecule is CCOC(=O)c1c(OCC)cc(CN2CCC(Nc3ccnc4ccccc34)CC2)cc1OCC. The molecule has 7 nitrogen and oxygen atoms in total. The molecule has 1 saturated heterocycles. The Labute approximate surface area is 207 Å². The number of nitrogens with one attached hydrogen (secondary N) is 1. The molecule has 4 rings (SSSR count). The van der Waals surface area contributed by atoms with Crippen LogP contribution in [0.4, 0.5) is 5.69 Å². The minimum absolute atomic E-state index is 0.302. The van der Waals surface area contributed by atoms with Crippen molar-refractivity contribution in [2.75, 3.05) is 38.2 Å². The molecular weight excluding hydrogens is 442 g/mol. The third-order valence-electron chi connectivity index (χ3n) is 6.21. The Kier molecular flexibility index (Phi) is 8.42. The molecule has 1 N–H and O–H groups in total. The maximum atomic E-state index is 12.6. The lowest BCUT2D eigenvalue weighted by atomic mass is 10.0. The zero-order chi connectivity index (χ0) is 24.6. The number of benzene rings is 2. The molecule has 1 aliphatic heterocycles. The standard InChI is InChI=1S/C28H35N3O4/c1-4-33-25-17-20(18-26(34-5-2)27(25)28(32)35-6-3)19-31-15-12-21(13-16-31)30-24-11-14-29-23-10-8-7-9-22(23)24/h7-11,14,17-18,21H,4-6,12-13,15-16,19H2,1-3H3,(H,29,30). The first-order valence-electron chi connectivity index (χ1n) is 12.5. The van der Waals surface area contributed by atoms with Gasteiger partial charge in [-0.15, -0.1) is 0 Å². The first-order chi connectivity index (χ1) is 17.1. The summed E-state index contributed by atoms with van der Waals surface area (Å²) >= 11 is 0. The number of anilines is 1. The van der Waals surface area contributed by atoms with Gasteiger partial charge in [0.15, 0.2) is 0 Å². The van der Waals surface area contributed by atoms with Crippen molar-refractivity contribution in [1.82, 2.24) is 9.88 Å². The topological polar surface area (TPSA) is 72.9 Å². The highest BCUT2D eigenvalue weighted by atomic mass is 16.5. The summed E-state index contributed by atoms with van der Waals surface area (Å²) in [6, 6.07) is 14.6. The van der Waals surface area contributed by atoms with E-state index in [9.17, 15) is 4.79 Å². The summed E-state index contributed by atoms with van der Waals surface area (Å²) in [5, 5.41) is 4.89. The Morgan fingerprint density at radius 1 is 1.00 bits per heavy atom. The number of aromatic nitrogens is 1. The maximum absolute atomic E-state index is 12.6. The van der Waals surface area contributed by atoms with Crippen molar-refractivity contribution in [1.29, 1.82) is 0 Å². The fraction of sp³-hybridized carbons (Fsp3) is 0.429. The molecule has 0 radical (unpaired) electrons. The number of carbonyl (C=O) groups excluding carboxylic acids is 1. The van der Waals surface area contributed by atoms with Crippen molar-refractivity contribution < 1.29 is 19.0 Å². The summed E-state index contributed by atoms with van der Waals surface area (Å²) in [5.74, 6) is 0.627. The van der Waals surface area contributed by atoms with Crippen LogP contribution in [0.15, 0.2) is 48.7 Å². The molecule has 1 fully saturated rings. The smallest absolute Gasteiger partial charge is 0.345 e. The summed E-state index contributed by atoms with van der Waals surface area (Å²) in [6.45, 7) is 9.57. The summed E-state index contributed by atoms with van der Waals surface area (Å²) in [4.78, 5) is 19.5. The molecule has 3 aromatic rings. The number of hydrogen-bond acceptors (Lipinski definition) is 7. The molecule has 1 aromatic heterocycles. The molecule has 0 bridgehead atoms. The van der Waals surface area contributed by atoms with Gasteiger partial charge in [-0.05, 0) is 63.4 Å². The maximum Gasteiger partial charge on any atom is 0.345 e. The molecular formula is C28H35N3O4. The van der Waals surface area contributed by atoms with Crippen molar-refractivity contribution in [3.63, 3.8) is 0 Å². The molecule has 2 aromatic carbocycles. The Morgan fingerprint density at radius 2 is 1.69 bits per heavy atom. The average molecular weight is 478 g/mol. The third kappa shape index (κ3) is 6.03. The average Bonchev–Trinajstić information content (AvgIpc) is 2.86. The van der Waals surface area contributed by atoms with Gasteiger partial charge in [-0.25, -0.2) is 4.79 Å². The van der Waals surface area contributed by atoms with Gasteiger partial charge in [0.25, 0.3) is 0 Å². The quantitative estimate of drug-likeness (QED) is 0.398. The second-order valence-electron chi connectivity index (χ2n) is 8.62. The van der Waals surface area contributed by atoms with Gasteiger partial charge in [0.2, 0.25) is 0 Å². The number of fused-ring (bicyclic) bond motifs is 1. The normalized spacial score (nSPS) is 14.6. The molecule has 2 heterocycles. The molecule has 0 aliphatic carbocycles. The van der Waals surface area contributed by atoms with E-state index in [1.54, 1.807) is 6.92 Å². The van der Waals surface area contributed by atoms with E-state index in [-0.39, 0.29) is 0 Å².